The van der Waals surface area contributed by atoms with E-state index in [0.29, 0.717) is 11.8 Å². The molecule has 1 amide bonds. The van der Waals surface area contributed by atoms with Gasteiger partial charge in [-0.3, -0.25) is 4.79 Å². The molecule has 1 fully saturated rings. The van der Waals surface area contributed by atoms with Crippen molar-refractivity contribution in [1.82, 2.24) is 10.2 Å². The second-order valence-electron chi connectivity index (χ2n) is 7.82. The van der Waals surface area contributed by atoms with E-state index in [4.69, 9.17) is 5.73 Å². The zero-order valence-electron chi connectivity index (χ0n) is 14.1. The van der Waals surface area contributed by atoms with Crippen LogP contribution in [-0.2, 0) is 4.79 Å². The Morgan fingerprint density at radius 1 is 1.25 bits per heavy atom. The Labute approximate surface area is 124 Å². The van der Waals surface area contributed by atoms with Gasteiger partial charge in [0.2, 0.25) is 5.91 Å². The average Bonchev–Trinajstić information content (AvgIpc) is 2.29. The first-order chi connectivity index (χ1) is 9.12. The van der Waals surface area contributed by atoms with Crippen LogP contribution in [0.5, 0.6) is 0 Å². The van der Waals surface area contributed by atoms with E-state index >= 15 is 0 Å². The van der Waals surface area contributed by atoms with Crippen LogP contribution in [-0.4, -0.2) is 44.0 Å². The topological polar surface area (TPSA) is 58.4 Å². The number of carbonyl (C=O) groups excluding carboxylic acids is 1. The third-order valence-electron chi connectivity index (χ3n) is 4.51. The number of nitrogens with one attached hydrogen (secondary N) is 1. The summed E-state index contributed by atoms with van der Waals surface area (Å²) in [6, 6.07) is 0.164. The van der Waals surface area contributed by atoms with E-state index in [-0.39, 0.29) is 23.3 Å². The first-order valence-electron chi connectivity index (χ1n) is 7.80. The Morgan fingerprint density at radius 3 is 2.40 bits per heavy atom. The van der Waals surface area contributed by atoms with Gasteiger partial charge in [-0.2, -0.15) is 0 Å². The molecule has 1 aliphatic rings. The molecular formula is C16H33N3O. The minimum Gasteiger partial charge on any atom is -0.355 e. The highest BCUT2D eigenvalue weighted by molar-refractivity contribution is 5.79. The predicted octanol–water partition coefficient (Wildman–Crippen LogP) is 1.70. The Kier molecular flexibility index (Phi) is 6.02. The zero-order valence-corrected chi connectivity index (χ0v) is 14.1. The highest BCUT2D eigenvalue weighted by Gasteiger charge is 2.35. The minimum absolute atomic E-state index is 0.0800. The van der Waals surface area contributed by atoms with Gasteiger partial charge in [-0.05, 0) is 44.2 Å². The van der Waals surface area contributed by atoms with Gasteiger partial charge in [-0.1, -0.05) is 27.7 Å². The van der Waals surface area contributed by atoms with E-state index in [2.05, 4.69) is 52.0 Å². The molecule has 0 bridgehead atoms. The molecule has 0 heterocycles. The first kappa shape index (κ1) is 17.4. The summed E-state index contributed by atoms with van der Waals surface area (Å²) in [5.41, 5.74) is 6.22. The lowest BCUT2D eigenvalue weighted by Crippen LogP contribution is -2.47. The molecule has 1 rings (SSSR count). The molecule has 118 valence electrons. The molecule has 20 heavy (non-hydrogen) atoms. The van der Waals surface area contributed by atoms with Crippen molar-refractivity contribution in [2.45, 2.75) is 46.6 Å². The van der Waals surface area contributed by atoms with E-state index < -0.39 is 0 Å². The molecule has 0 aromatic rings. The monoisotopic (exact) mass is 283 g/mol. The quantitative estimate of drug-likeness (QED) is 0.807. The van der Waals surface area contributed by atoms with Gasteiger partial charge in [0.1, 0.15) is 0 Å². The van der Waals surface area contributed by atoms with Crippen LogP contribution in [0.25, 0.3) is 0 Å². The molecule has 4 nitrogen and oxygen atoms in total. The molecule has 0 spiro atoms. The van der Waals surface area contributed by atoms with Crippen LogP contribution in [0.2, 0.25) is 0 Å². The van der Waals surface area contributed by atoms with Crippen molar-refractivity contribution < 1.29 is 4.79 Å². The van der Waals surface area contributed by atoms with Gasteiger partial charge in [0, 0.05) is 25.0 Å². The van der Waals surface area contributed by atoms with Crippen LogP contribution in [0.1, 0.15) is 40.5 Å². The maximum atomic E-state index is 12.4. The van der Waals surface area contributed by atoms with Crippen molar-refractivity contribution in [2.24, 2.45) is 28.9 Å². The number of nitrogens with two attached hydrogens (primary N) is 1. The summed E-state index contributed by atoms with van der Waals surface area (Å²) < 4.78 is 0. The lowest BCUT2D eigenvalue weighted by molar-refractivity contribution is -0.128. The van der Waals surface area contributed by atoms with Crippen LogP contribution in [0.15, 0.2) is 0 Å². The molecular weight excluding hydrogens is 250 g/mol. The standard InChI is InChI=1S/C16H33N3O/c1-11-7-12(2)14(17)8-13(11)15(20)18-9-16(3,4)10-19(5)6/h11-14H,7-10,17H2,1-6H3,(H,18,20). The number of rotatable bonds is 5. The van der Waals surface area contributed by atoms with Crippen LogP contribution >= 0.6 is 0 Å². The maximum absolute atomic E-state index is 12.4. The van der Waals surface area contributed by atoms with Crippen LogP contribution in [0.4, 0.5) is 0 Å². The van der Waals surface area contributed by atoms with Gasteiger partial charge in [-0.25, -0.2) is 0 Å². The normalized spacial score (nSPS) is 31.4. The lowest BCUT2D eigenvalue weighted by atomic mass is 9.72. The highest BCUT2D eigenvalue weighted by atomic mass is 16.1. The second kappa shape index (κ2) is 6.90. The van der Waals surface area contributed by atoms with Crippen molar-refractivity contribution in [3.05, 3.63) is 0 Å². The molecule has 4 unspecified atom stereocenters. The fraction of sp³-hybridized carbons (Fsp3) is 0.938. The largest absolute Gasteiger partial charge is 0.355 e. The first-order valence-corrected chi connectivity index (χ1v) is 7.80. The van der Waals surface area contributed by atoms with E-state index in [1.807, 2.05) is 0 Å². The zero-order chi connectivity index (χ0) is 15.5. The van der Waals surface area contributed by atoms with Crippen LogP contribution < -0.4 is 11.1 Å². The third-order valence-corrected chi connectivity index (χ3v) is 4.51. The molecule has 4 heteroatoms. The van der Waals surface area contributed by atoms with Gasteiger partial charge in [0.15, 0.2) is 0 Å². The average molecular weight is 283 g/mol. The number of hydrogen-bond donors (Lipinski definition) is 2. The molecule has 1 aliphatic carbocycles. The number of amides is 1. The highest BCUT2D eigenvalue weighted by Crippen LogP contribution is 2.33. The van der Waals surface area contributed by atoms with E-state index in [1.54, 1.807) is 0 Å². The summed E-state index contributed by atoms with van der Waals surface area (Å²) in [6.07, 6.45) is 1.88. The van der Waals surface area contributed by atoms with Crippen molar-refractivity contribution >= 4 is 5.91 Å². The molecule has 1 saturated carbocycles. The second-order valence-corrected chi connectivity index (χ2v) is 7.82. The van der Waals surface area contributed by atoms with Crippen LogP contribution in [0, 0.1) is 23.2 Å². The molecule has 0 aromatic carbocycles. The fourth-order valence-corrected chi connectivity index (χ4v) is 3.42. The molecule has 4 atom stereocenters. The third kappa shape index (κ3) is 5.06. The number of carbonyl (C=O) groups is 1. The molecule has 3 N–H and O–H groups in total. The number of hydrogen-bond acceptors (Lipinski definition) is 3. The molecule has 0 radical (unpaired) electrons. The summed E-state index contributed by atoms with van der Waals surface area (Å²) >= 11 is 0. The summed E-state index contributed by atoms with van der Waals surface area (Å²) in [4.78, 5) is 14.6. The summed E-state index contributed by atoms with van der Waals surface area (Å²) in [5.74, 6) is 1.23. The fourth-order valence-electron chi connectivity index (χ4n) is 3.42. The van der Waals surface area contributed by atoms with Gasteiger partial charge in [-0.15, -0.1) is 0 Å². The smallest absolute Gasteiger partial charge is 0.223 e. The van der Waals surface area contributed by atoms with Crippen LogP contribution in [0.3, 0.4) is 0 Å². The summed E-state index contributed by atoms with van der Waals surface area (Å²) in [5, 5.41) is 3.14. The van der Waals surface area contributed by atoms with Crippen molar-refractivity contribution in [3.8, 4) is 0 Å². The summed E-state index contributed by atoms with van der Waals surface area (Å²) in [6.45, 7) is 10.4. The Bertz CT molecular complexity index is 328. The maximum Gasteiger partial charge on any atom is 0.223 e. The molecule has 0 saturated heterocycles. The summed E-state index contributed by atoms with van der Waals surface area (Å²) in [7, 11) is 4.13. The Hall–Kier alpha value is -0.610. The van der Waals surface area contributed by atoms with Gasteiger partial charge >= 0.3 is 0 Å². The minimum atomic E-state index is 0.0800. The van der Waals surface area contributed by atoms with E-state index in [0.717, 1.165) is 25.9 Å². The molecule has 0 aromatic heterocycles. The van der Waals surface area contributed by atoms with Crippen molar-refractivity contribution in [3.63, 3.8) is 0 Å². The lowest BCUT2D eigenvalue weighted by Gasteiger charge is -2.37. The molecule has 0 aliphatic heterocycles. The number of nitrogens with zero attached hydrogens (tertiary/aromatic N) is 1. The Balaban J connectivity index is 2.50. The van der Waals surface area contributed by atoms with Gasteiger partial charge in [0.05, 0.1) is 0 Å². The SMILES string of the molecule is CC1CC(C)C(C(=O)NCC(C)(C)CN(C)C)CC1N. The Morgan fingerprint density at radius 2 is 1.85 bits per heavy atom. The van der Waals surface area contributed by atoms with Gasteiger partial charge in [0.25, 0.3) is 0 Å². The van der Waals surface area contributed by atoms with E-state index in [1.165, 1.54) is 0 Å². The van der Waals surface area contributed by atoms with E-state index in [9.17, 15) is 4.79 Å². The van der Waals surface area contributed by atoms with Gasteiger partial charge < -0.3 is 16.0 Å². The van der Waals surface area contributed by atoms with Crippen molar-refractivity contribution in [1.29, 1.82) is 0 Å². The van der Waals surface area contributed by atoms with Crippen molar-refractivity contribution in [2.75, 3.05) is 27.2 Å². The predicted molar refractivity (Wildman–Crippen MR) is 84.4 cm³/mol.